The molecule has 21 heavy (non-hydrogen) atoms. The quantitative estimate of drug-likeness (QED) is 0.799. The first-order valence-electron chi connectivity index (χ1n) is 6.31. The van der Waals surface area contributed by atoms with Crippen molar-refractivity contribution >= 4 is 23.5 Å². The van der Waals surface area contributed by atoms with Crippen LogP contribution in [0.5, 0.6) is 5.75 Å². The molecule has 0 aliphatic heterocycles. The molecule has 0 radical (unpaired) electrons. The normalized spacial score (nSPS) is 13.3. The predicted molar refractivity (Wildman–Crippen MR) is 77.7 cm³/mol. The standard InChI is InChI=1S/C14H18ClNO5/c1-8-4-5-10(15)11(6-8)21-9(2)13(17)16-7-12(20-3)14(18)19/h4-6,9,12H,7H2,1-3H3,(H,16,17)(H,18,19). The van der Waals surface area contributed by atoms with Gasteiger partial charge in [0.1, 0.15) is 5.75 Å². The van der Waals surface area contributed by atoms with E-state index in [4.69, 9.17) is 26.2 Å². The molecule has 0 aliphatic carbocycles. The van der Waals surface area contributed by atoms with Crippen molar-refractivity contribution in [2.24, 2.45) is 0 Å². The average Bonchev–Trinajstić information content (AvgIpc) is 2.42. The summed E-state index contributed by atoms with van der Waals surface area (Å²) in [4.78, 5) is 22.6. The fraction of sp³-hybridized carbons (Fsp3) is 0.429. The first-order chi connectivity index (χ1) is 9.85. The lowest BCUT2D eigenvalue weighted by Crippen LogP contribution is -2.43. The summed E-state index contributed by atoms with van der Waals surface area (Å²) < 4.78 is 10.2. The number of hydrogen-bond acceptors (Lipinski definition) is 4. The number of carboxylic acid groups (broad SMARTS) is 1. The summed E-state index contributed by atoms with van der Waals surface area (Å²) in [6.45, 7) is 3.29. The Kier molecular flexibility index (Phi) is 6.45. The second kappa shape index (κ2) is 7.85. The zero-order valence-electron chi connectivity index (χ0n) is 12.1. The van der Waals surface area contributed by atoms with E-state index in [-0.39, 0.29) is 6.54 Å². The van der Waals surface area contributed by atoms with Gasteiger partial charge >= 0.3 is 5.97 Å². The Morgan fingerprint density at radius 2 is 2.10 bits per heavy atom. The summed E-state index contributed by atoms with van der Waals surface area (Å²) >= 11 is 5.98. The number of methoxy groups -OCH3 is 1. The van der Waals surface area contributed by atoms with E-state index in [1.807, 2.05) is 13.0 Å². The van der Waals surface area contributed by atoms with Crippen LogP contribution in [0.25, 0.3) is 0 Å². The number of benzene rings is 1. The monoisotopic (exact) mass is 315 g/mol. The van der Waals surface area contributed by atoms with Crippen LogP contribution in [0.4, 0.5) is 0 Å². The van der Waals surface area contributed by atoms with Crippen molar-refractivity contribution in [3.63, 3.8) is 0 Å². The van der Waals surface area contributed by atoms with Crippen molar-refractivity contribution in [3.8, 4) is 5.75 Å². The number of carbonyl (C=O) groups is 2. The second-order valence-electron chi connectivity index (χ2n) is 4.50. The van der Waals surface area contributed by atoms with E-state index in [1.165, 1.54) is 7.11 Å². The molecule has 0 saturated carbocycles. The maximum absolute atomic E-state index is 11.9. The van der Waals surface area contributed by atoms with Gasteiger partial charge in [-0.15, -0.1) is 0 Å². The molecule has 0 aliphatic rings. The van der Waals surface area contributed by atoms with Gasteiger partial charge in [0, 0.05) is 7.11 Å². The molecule has 2 unspecified atom stereocenters. The van der Waals surface area contributed by atoms with Crippen LogP contribution in [-0.2, 0) is 14.3 Å². The van der Waals surface area contributed by atoms with Crippen LogP contribution in [0.1, 0.15) is 12.5 Å². The highest BCUT2D eigenvalue weighted by atomic mass is 35.5. The number of hydrogen-bond donors (Lipinski definition) is 2. The smallest absolute Gasteiger partial charge is 0.334 e. The van der Waals surface area contributed by atoms with E-state index in [0.717, 1.165) is 5.56 Å². The molecule has 0 aromatic heterocycles. The topological polar surface area (TPSA) is 84.9 Å². The summed E-state index contributed by atoms with van der Waals surface area (Å²) in [5.74, 6) is -1.19. The van der Waals surface area contributed by atoms with Gasteiger partial charge in [-0.05, 0) is 31.5 Å². The van der Waals surface area contributed by atoms with Crippen LogP contribution in [-0.4, -0.2) is 42.8 Å². The lowest BCUT2D eigenvalue weighted by Gasteiger charge is -2.17. The molecular formula is C14H18ClNO5. The second-order valence-corrected chi connectivity index (χ2v) is 4.91. The number of amides is 1. The molecular weight excluding hydrogens is 298 g/mol. The summed E-state index contributed by atoms with van der Waals surface area (Å²) in [6.07, 6.45) is -1.90. The molecule has 0 saturated heterocycles. The lowest BCUT2D eigenvalue weighted by atomic mass is 10.2. The average molecular weight is 316 g/mol. The minimum Gasteiger partial charge on any atom is -0.479 e. The number of carbonyl (C=O) groups excluding carboxylic acids is 1. The van der Waals surface area contributed by atoms with Gasteiger partial charge in [-0.1, -0.05) is 17.7 Å². The van der Waals surface area contributed by atoms with E-state index in [9.17, 15) is 9.59 Å². The van der Waals surface area contributed by atoms with E-state index in [1.54, 1.807) is 19.1 Å². The Labute approximate surface area is 128 Å². The number of rotatable bonds is 7. The van der Waals surface area contributed by atoms with E-state index >= 15 is 0 Å². The van der Waals surface area contributed by atoms with E-state index in [0.29, 0.717) is 10.8 Å². The van der Waals surface area contributed by atoms with Crippen LogP contribution < -0.4 is 10.1 Å². The number of carboxylic acids is 1. The van der Waals surface area contributed by atoms with Crippen LogP contribution in [0.2, 0.25) is 5.02 Å². The van der Waals surface area contributed by atoms with Gasteiger partial charge in [0.25, 0.3) is 5.91 Å². The first kappa shape index (κ1) is 17.3. The third-order valence-corrected chi connectivity index (χ3v) is 3.09. The highest BCUT2D eigenvalue weighted by Crippen LogP contribution is 2.26. The Morgan fingerprint density at radius 3 is 2.67 bits per heavy atom. The maximum atomic E-state index is 11.9. The first-order valence-corrected chi connectivity index (χ1v) is 6.69. The highest BCUT2D eigenvalue weighted by Gasteiger charge is 2.21. The summed E-state index contributed by atoms with van der Waals surface area (Å²) in [5.41, 5.74) is 0.951. The van der Waals surface area contributed by atoms with E-state index < -0.39 is 24.1 Å². The van der Waals surface area contributed by atoms with Gasteiger partial charge in [-0.2, -0.15) is 0 Å². The summed E-state index contributed by atoms with van der Waals surface area (Å²) in [5, 5.41) is 11.7. The number of nitrogens with one attached hydrogen (secondary N) is 1. The third-order valence-electron chi connectivity index (χ3n) is 2.78. The molecule has 1 amide bonds. The van der Waals surface area contributed by atoms with Crippen molar-refractivity contribution in [1.82, 2.24) is 5.32 Å². The Hall–Kier alpha value is -1.79. The zero-order valence-corrected chi connectivity index (χ0v) is 12.8. The molecule has 1 aromatic rings. The SMILES string of the molecule is COC(CNC(=O)C(C)Oc1cc(C)ccc1Cl)C(=O)O. The molecule has 1 rings (SSSR count). The molecule has 0 fully saturated rings. The Balaban J connectivity index is 2.58. The molecule has 2 atom stereocenters. The minimum absolute atomic E-state index is 0.139. The van der Waals surface area contributed by atoms with Crippen molar-refractivity contribution < 1.29 is 24.2 Å². The van der Waals surface area contributed by atoms with Gasteiger partial charge in [0.05, 0.1) is 11.6 Å². The largest absolute Gasteiger partial charge is 0.479 e. The van der Waals surface area contributed by atoms with Gasteiger partial charge in [0.2, 0.25) is 0 Å². The Morgan fingerprint density at radius 1 is 1.43 bits per heavy atom. The van der Waals surface area contributed by atoms with Crippen molar-refractivity contribution in [3.05, 3.63) is 28.8 Å². The molecule has 1 aromatic carbocycles. The number of aliphatic carboxylic acids is 1. The zero-order chi connectivity index (χ0) is 16.0. The fourth-order valence-corrected chi connectivity index (χ4v) is 1.72. The van der Waals surface area contributed by atoms with Crippen LogP contribution >= 0.6 is 11.6 Å². The highest BCUT2D eigenvalue weighted by molar-refractivity contribution is 6.32. The molecule has 6 nitrogen and oxygen atoms in total. The molecule has 7 heteroatoms. The molecule has 0 spiro atoms. The van der Waals surface area contributed by atoms with Gasteiger partial charge in [-0.25, -0.2) is 4.79 Å². The van der Waals surface area contributed by atoms with E-state index in [2.05, 4.69) is 5.32 Å². The summed E-state index contributed by atoms with van der Waals surface area (Å²) in [6, 6.07) is 5.24. The van der Waals surface area contributed by atoms with Crippen molar-refractivity contribution in [2.75, 3.05) is 13.7 Å². The van der Waals surface area contributed by atoms with Crippen LogP contribution in [0.3, 0.4) is 0 Å². The Bertz CT molecular complexity index is 520. The van der Waals surface area contributed by atoms with Crippen LogP contribution in [0.15, 0.2) is 18.2 Å². The lowest BCUT2D eigenvalue weighted by molar-refractivity contribution is -0.148. The minimum atomic E-state index is -1.15. The van der Waals surface area contributed by atoms with Gasteiger partial charge < -0.3 is 19.9 Å². The maximum Gasteiger partial charge on any atom is 0.334 e. The van der Waals surface area contributed by atoms with Crippen LogP contribution in [0, 0.1) is 6.92 Å². The van der Waals surface area contributed by atoms with Gasteiger partial charge in [-0.3, -0.25) is 4.79 Å². The van der Waals surface area contributed by atoms with Crippen molar-refractivity contribution in [1.29, 1.82) is 0 Å². The predicted octanol–water partition coefficient (Wildman–Crippen LogP) is 1.63. The summed E-state index contributed by atoms with van der Waals surface area (Å²) in [7, 11) is 1.26. The molecule has 2 N–H and O–H groups in total. The molecule has 0 bridgehead atoms. The van der Waals surface area contributed by atoms with Gasteiger partial charge in [0.15, 0.2) is 12.2 Å². The third kappa shape index (κ3) is 5.24. The fourth-order valence-electron chi connectivity index (χ4n) is 1.55. The number of aryl methyl sites for hydroxylation is 1. The number of ether oxygens (including phenoxy) is 2. The molecule has 0 heterocycles. The molecule has 116 valence electrons. The number of halogens is 1. The van der Waals surface area contributed by atoms with Crippen molar-refractivity contribution in [2.45, 2.75) is 26.1 Å².